The molecular weight excluding hydrogens is 230 g/mol. The molecule has 0 atom stereocenters. The Hall–Kier alpha value is -0.390. The molecule has 0 saturated carbocycles. The highest BCUT2D eigenvalue weighted by Gasteiger charge is 2.09. The van der Waals surface area contributed by atoms with E-state index < -0.39 is 10.0 Å². The van der Waals surface area contributed by atoms with E-state index in [-0.39, 0.29) is 4.90 Å². The molecule has 3 nitrogen and oxygen atoms in total. The van der Waals surface area contributed by atoms with E-state index >= 15 is 0 Å². The quantitative estimate of drug-likeness (QED) is 0.785. The molecule has 0 fully saturated rings. The van der Waals surface area contributed by atoms with Gasteiger partial charge in [0.25, 0.3) is 0 Å². The minimum atomic E-state index is -3.60. The first-order valence-electron chi connectivity index (χ1n) is 2.70. The fraction of sp³-hybridized carbons (Fsp3) is 0. The molecule has 5 heteroatoms. The number of hydrogen-bond donors (Lipinski definition) is 1. The van der Waals surface area contributed by atoms with E-state index in [0.29, 0.717) is 4.47 Å². The average molecular weight is 235 g/mol. The van der Waals surface area contributed by atoms with Crippen molar-refractivity contribution in [2.45, 2.75) is 4.90 Å². The molecule has 1 aromatic rings. The molecule has 0 bridgehead atoms. The molecule has 1 radical (unpaired) electrons. The first kappa shape index (κ1) is 8.70. The summed E-state index contributed by atoms with van der Waals surface area (Å²) in [6.07, 6.45) is 0. The van der Waals surface area contributed by atoms with E-state index in [1.54, 1.807) is 0 Å². The topological polar surface area (TPSA) is 60.2 Å². The highest BCUT2D eigenvalue weighted by molar-refractivity contribution is 9.10. The molecule has 0 heterocycles. The minimum Gasteiger partial charge on any atom is -0.225 e. The van der Waals surface area contributed by atoms with Crippen LogP contribution in [0.1, 0.15) is 0 Å². The molecule has 0 unspecified atom stereocenters. The largest absolute Gasteiger partial charge is 0.239 e. The van der Waals surface area contributed by atoms with Crippen molar-refractivity contribution in [3.05, 3.63) is 28.7 Å². The van der Waals surface area contributed by atoms with Gasteiger partial charge in [-0.3, -0.25) is 0 Å². The van der Waals surface area contributed by atoms with Crippen molar-refractivity contribution in [1.82, 2.24) is 0 Å². The fourth-order valence-corrected chi connectivity index (χ4v) is 2.16. The van der Waals surface area contributed by atoms with Gasteiger partial charge >= 0.3 is 0 Å². The predicted octanol–water partition coefficient (Wildman–Crippen LogP) is 0.897. The van der Waals surface area contributed by atoms with Crippen LogP contribution in [0.4, 0.5) is 0 Å². The van der Waals surface area contributed by atoms with Gasteiger partial charge in [0.15, 0.2) is 0 Å². The lowest BCUT2D eigenvalue weighted by Gasteiger charge is -1.98. The maximum absolute atomic E-state index is 10.8. The van der Waals surface area contributed by atoms with Gasteiger partial charge in [-0.15, -0.1) is 0 Å². The van der Waals surface area contributed by atoms with E-state index in [2.05, 4.69) is 22.0 Å². The monoisotopic (exact) mass is 234 g/mol. The van der Waals surface area contributed by atoms with Gasteiger partial charge in [-0.05, 0) is 34.1 Å². The van der Waals surface area contributed by atoms with E-state index in [0.717, 1.165) is 0 Å². The zero-order valence-electron chi connectivity index (χ0n) is 5.41. The number of sulfonamides is 1. The standard InChI is InChI=1S/C6H5BrNO2S/c7-5-3-1-2-4-6(5)11(8,9)10/h2-4H,(H2,8,9,10). The van der Waals surface area contributed by atoms with Gasteiger partial charge in [0.05, 0.1) is 4.90 Å². The molecule has 0 aliphatic carbocycles. The molecule has 59 valence electrons. The zero-order valence-corrected chi connectivity index (χ0v) is 7.81. The Kier molecular flexibility index (Phi) is 2.31. The van der Waals surface area contributed by atoms with Gasteiger partial charge in [0.1, 0.15) is 0 Å². The fourth-order valence-electron chi connectivity index (χ4n) is 0.627. The normalized spacial score (nSPS) is 11.5. The van der Waals surface area contributed by atoms with Gasteiger partial charge in [-0.1, -0.05) is 6.07 Å². The highest BCUT2D eigenvalue weighted by atomic mass is 79.9. The van der Waals surface area contributed by atoms with Crippen LogP contribution in [0.5, 0.6) is 0 Å². The molecule has 0 spiro atoms. The summed E-state index contributed by atoms with van der Waals surface area (Å²) in [6.45, 7) is 0. The number of benzene rings is 1. The van der Waals surface area contributed by atoms with Crippen LogP contribution in [0.25, 0.3) is 0 Å². The smallest absolute Gasteiger partial charge is 0.225 e. The van der Waals surface area contributed by atoms with Gasteiger partial charge < -0.3 is 0 Å². The summed E-state index contributed by atoms with van der Waals surface area (Å²) in [7, 11) is -3.60. The van der Waals surface area contributed by atoms with Crippen molar-refractivity contribution >= 4 is 26.0 Å². The average Bonchev–Trinajstić information content (AvgIpc) is 1.86. The van der Waals surface area contributed by atoms with Crippen LogP contribution in [-0.4, -0.2) is 8.42 Å². The number of hydrogen-bond acceptors (Lipinski definition) is 2. The van der Waals surface area contributed by atoms with Gasteiger partial charge in [-0.2, -0.15) is 0 Å². The molecular formula is C6H5BrNO2S. The Morgan fingerprint density at radius 3 is 2.55 bits per heavy atom. The number of nitrogens with two attached hydrogens (primary N) is 1. The molecule has 1 aromatic carbocycles. The molecule has 2 N–H and O–H groups in total. The number of halogens is 1. The summed E-state index contributed by atoms with van der Waals surface area (Å²) < 4.78 is 22.0. The summed E-state index contributed by atoms with van der Waals surface area (Å²) in [5.74, 6) is 0. The Balaban J connectivity index is 3.37. The molecule has 0 aromatic heterocycles. The lowest BCUT2D eigenvalue weighted by atomic mass is 10.4. The van der Waals surface area contributed by atoms with Crippen LogP contribution >= 0.6 is 15.9 Å². The van der Waals surface area contributed by atoms with Gasteiger partial charge in [0, 0.05) is 4.47 Å². The number of rotatable bonds is 1. The van der Waals surface area contributed by atoms with E-state index in [1.165, 1.54) is 18.2 Å². The SMILES string of the molecule is NS(=O)(=O)c1cc[c]cc1Br. The second-order valence-electron chi connectivity index (χ2n) is 1.90. The van der Waals surface area contributed by atoms with Crippen LogP contribution < -0.4 is 5.14 Å². The van der Waals surface area contributed by atoms with E-state index in [4.69, 9.17) is 5.14 Å². The van der Waals surface area contributed by atoms with Crippen molar-refractivity contribution in [3.63, 3.8) is 0 Å². The van der Waals surface area contributed by atoms with Crippen LogP contribution in [0.2, 0.25) is 0 Å². The summed E-state index contributed by atoms with van der Waals surface area (Å²) in [5.41, 5.74) is 0. The van der Waals surface area contributed by atoms with Crippen molar-refractivity contribution in [3.8, 4) is 0 Å². The van der Waals surface area contributed by atoms with E-state index in [1.807, 2.05) is 0 Å². The Bertz CT molecular complexity index is 361. The third-order valence-corrected chi connectivity index (χ3v) is 2.97. The van der Waals surface area contributed by atoms with Crippen molar-refractivity contribution < 1.29 is 8.42 Å². The third kappa shape index (κ3) is 2.02. The summed E-state index contributed by atoms with van der Waals surface area (Å²) >= 11 is 3.04. The van der Waals surface area contributed by atoms with Crippen LogP contribution in [-0.2, 0) is 10.0 Å². The van der Waals surface area contributed by atoms with Crippen molar-refractivity contribution in [1.29, 1.82) is 0 Å². The molecule has 0 saturated heterocycles. The summed E-state index contributed by atoms with van der Waals surface area (Å²) in [6, 6.07) is 7.08. The molecule has 1 rings (SSSR count). The summed E-state index contributed by atoms with van der Waals surface area (Å²) in [4.78, 5) is 0.0799. The third-order valence-electron chi connectivity index (χ3n) is 1.08. The molecule has 0 aliphatic rings. The molecule has 11 heavy (non-hydrogen) atoms. The predicted molar refractivity (Wildman–Crippen MR) is 44.4 cm³/mol. The van der Waals surface area contributed by atoms with Crippen molar-refractivity contribution in [2.75, 3.05) is 0 Å². The Labute approximate surface area is 73.4 Å². The zero-order chi connectivity index (χ0) is 8.48. The molecule has 0 amide bonds. The highest BCUT2D eigenvalue weighted by Crippen LogP contribution is 2.18. The van der Waals surface area contributed by atoms with Crippen molar-refractivity contribution in [2.24, 2.45) is 5.14 Å². The minimum absolute atomic E-state index is 0.0799. The maximum Gasteiger partial charge on any atom is 0.239 e. The maximum atomic E-state index is 10.8. The van der Waals surface area contributed by atoms with Gasteiger partial charge in [-0.25, -0.2) is 13.6 Å². The lowest BCUT2D eigenvalue weighted by Crippen LogP contribution is -2.12. The van der Waals surface area contributed by atoms with E-state index in [9.17, 15) is 8.42 Å². The van der Waals surface area contributed by atoms with Crippen LogP contribution in [0, 0.1) is 6.07 Å². The lowest BCUT2D eigenvalue weighted by molar-refractivity contribution is 0.597. The second kappa shape index (κ2) is 2.92. The first-order chi connectivity index (χ1) is 5.02. The second-order valence-corrected chi connectivity index (χ2v) is 4.29. The Morgan fingerprint density at radius 2 is 2.18 bits per heavy atom. The molecule has 0 aliphatic heterocycles. The van der Waals surface area contributed by atoms with Crippen LogP contribution in [0.15, 0.2) is 27.6 Å². The van der Waals surface area contributed by atoms with Crippen LogP contribution in [0.3, 0.4) is 0 Å². The van der Waals surface area contributed by atoms with Gasteiger partial charge in [0.2, 0.25) is 10.0 Å². The Morgan fingerprint density at radius 1 is 1.55 bits per heavy atom. The summed E-state index contributed by atoms with van der Waals surface area (Å²) in [5, 5.41) is 4.89. The number of primary sulfonamides is 1. The first-order valence-corrected chi connectivity index (χ1v) is 5.04.